The molecule has 86 heavy (non-hydrogen) atoms. The number of aliphatic hydroxyl groups excluding tert-OH is 19. The zero-order valence-corrected chi connectivity index (χ0v) is 46.5. The summed E-state index contributed by atoms with van der Waals surface area (Å²) in [4.78, 5) is 38.0. The molecule has 38 heteroatoms. The maximum atomic E-state index is 13.1. The van der Waals surface area contributed by atoms with Crippen molar-refractivity contribution in [1.29, 1.82) is 0 Å². The molecular weight excluding hydrogens is 1180 g/mol. The fourth-order valence-corrected chi connectivity index (χ4v) is 11.0. The van der Waals surface area contributed by atoms with E-state index < -0.39 is 272 Å². The summed E-state index contributed by atoms with van der Waals surface area (Å²) >= 11 is 0. The fraction of sp³-hybridized carbons (Fsp3) is 0.938. The number of hydrogen-bond acceptors (Lipinski definition) is 35. The predicted octanol–water partition coefficient (Wildman–Crippen LogP) is -14.8. The summed E-state index contributed by atoms with van der Waals surface area (Å²) in [5.74, 6) is -2.51. The standard InChI is InChI=1S/C48H81N3O35/c1-11-24(60)30(66)33(69)45(75-11)85-40-23(51-14(4)59)44(81-19(9-56)38(40)83-46-34(70)31(67)25(61)15(5-52)77-46)86-41-27(63)17(7-54)79-48(36(41)72)82-37-18(8-55)80-43(21(29(37)65)49-12(2)57)74-10-20-28(64)39(22(42(73)76-20)50-13(3)58)84-47-35(71)32(68)26(62)16(6-53)78-47/h11,15-48,52-56,60-73H,5-10H2,1-4H3,(H,49,57)(H,50,58)(H,51,59)/t11-,15+,16+,17+,18+,19+,20+,21+,22+,23+,24+,25-,26-,27-,28-,29+,30+,31-,32-,33-,34+,35+,36+,37+,38+,39+,40+,41-,42+,43+,44-,45-,46-,47-,48-/m0/s1. The smallest absolute Gasteiger partial charge is 0.217 e. The number of carbonyl (C=O) groups excluding carboxylic acids is 3. The van der Waals surface area contributed by atoms with Crippen molar-refractivity contribution in [2.45, 2.75) is 242 Å². The van der Waals surface area contributed by atoms with Crippen molar-refractivity contribution in [2.75, 3.05) is 39.6 Å². The normalized spacial score (nSPS) is 49.4. The molecule has 0 unspecified atom stereocenters. The quantitative estimate of drug-likeness (QED) is 0.0507. The maximum absolute atomic E-state index is 13.1. The van der Waals surface area contributed by atoms with E-state index in [2.05, 4.69) is 16.0 Å². The molecule has 7 aliphatic rings. The highest BCUT2D eigenvalue weighted by Crippen LogP contribution is 2.38. The lowest BCUT2D eigenvalue weighted by Crippen LogP contribution is -2.71. The molecule has 7 saturated heterocycles. The van der Waals surface area contributed by atoms with Gasteiger partial charge in [-0.05, 0) is 6.92 Å². The molecule has 0 aromatic heterocycles. The fourth-order valence-electron chi connectivity index (χ4n) is 11.0. The van der Waals surface area contributed by atoms with Gasteiger partial charge >= 0.3 is 0 Å². The molecular formula is C48H81N3O35. The summed E-state index contributed by atoms with van der Waals surface area (Å²) in [6, 6.07) is -5.20. The molecule has 22 N–H and O–H groups in total. The first-order chi connectivity index (χ1) is 40.6. The van der Waals surface area contributed by atoms with E-state index in [1.54, 1.807) is 0 Å². The summed E-state index contributed by atoms with van der Waals surface area (Å²) in [7, 11) is 0. The van der Waals surface area contributed by atoms with Crippen LogP contribution in [-0.2, 0) is 76.0 Å². The molecule has 0 aromatic rings. The second-order valence-electron chi connectivity index (χ2n) is 21.8. The highest BCUT2D eigenvalue weighted by atomic mass is 16.8. The molecule has 0 spiro atoms. The minimum absolute atomic E-state index is 0.773. The van der Waals surface area contributed by atoms with Crippen LogP contribution in [-0.4, -0.2) is 369 Å². The minimum atomic E-state index is -2.29. The van der Waals surface area contributed by atoms with E-state index in [9.17, 15) is 111 Å². The molecule has 0 saturated carbocycles. The van der Waals surface area contributed by atoms with Crippen LogP contribution in [0.2, 0.25) is 0 Å². The average Bonchev–Trinajstić information content (AvgIpc) is 0.957. The highest BCUT2D eigenvalue weighted by molar-refractivity contribution is 5.74. The molecule has 0 radical (unpaired) electrons. The van der Waals surface area contributed by atoms with Gasteiger partial charge in [0.2, 0.25) is 17.7 Å². The summed E-state index contributed by atoms with van der Waals surface area (Å²) in [5, 5.41) is 213. The van der Waals surface area contributed by atoms with Gasteiger partial charge in [0.25, 0.3) is 0 Å². The van der Waals surface area contributed by atoms with Crippen molar-refractivity contribution in [3.63, 3.8) is 0 Å². The number of aliphatic hydroxyl groups is 19. The van der Waals surface area contributed by atoms with Crippen molar-refractivity contribution in [2.24, 2.45) is 0 Å². The topological polar surface area (TPSA) is 592 Å². The number of nitrogens with one attached hydrogen (secondary N) is 3. The Labute approximate surface area is 488 Å². The molecule has 498 valence electrons. The van der Waals surface area contributed by atoms with Crippen molar-refractivity contribution >= 4 is 17.7 Å². The second kappa shape index (κ2) is 30.5. The first-order valence-electron chi connectivity index (χ1n) is 27.5. The molecule has 3 amide bonds. The summed E-state index contributed by atoms with van der Waals surface area (Å²) in [5.41, 5.74) is 0. The SMILES string of the molecule is CC(=O)N[C@@H]1[C@@H](O[C@@H]2O[C@H](CO)[C@H](O)[C@H](O)[C@H]2O)[C@@H](O)[C@@H](CO[C@@H]2O[C@H](CO)[C@@H](O[C@@H]3O[C@H](CO)[C@H](O)[C@H](O[C@@H]4O[C@H](CO)[C@@H](O[C@@H]5O[C@H](CO)[C@H](O)[C@H](O)[C@H]5O)[C@H](O[C@@H]5O[C@@H](C)[C@@H](O)[C@@H](O)[C@@H]5O)[C@H]4NC(C)=O)[C@H]3O)[C@H](O)[C@H]2NC(C)=O)O[C@H]1O. The summed E-state index contributed by atoms with van der Waals surface area (Å²) in [6.07, 6.45) is -60.7. The van der Waals surface area contributed by atoms with Crippen LogP contribution in [0.3, 0.4) is 0 Å². The molecule has 0 bridgehead atoms. The van der Waals surface area contributed by atoms with Crippen LogP contribution >= 0.6 is 0 Å². The van der Waals surface area contributed by atoms with Crippen molar-refractivity contribution < 1.29 is 173 Å². The van der Waals surface area contributed by atoms with E-state index in [0.717, 1.165) is 20.8 Å². The van der Waals surface area contributed by atoms with Crippen LogP contribution in [0.4, 0.5) is 0 Å². The Morgan fingerprint density at radius 2 is 0.698 bits per heavy atom. The minimum Gasteiger partial charge on any atom is -0.394 e. The molecule has 7 aliphatic heterocycles. The number of carbonyl (C=O) groups is 3. The number of hydrogen-bond donors (Lipinski definition) is 22. The van der Waals surface area contributed by atoms with E-state index in [-0.39, 0.29) is 0 Å². The number of amides is 3. The van der Waals surface area contributed by atoms with Gasteiger partial charge in [-0.2, -0.15) is 0 Å². The van der Waals surface area contributed by atoms with Crippen molar-refractivity contribution in [3.8, 4) is 0 Å². The van der Waals surface area contributed by atoms with E-state index in [4.69, 9.17) is 61.6 Å². The van der Waals surface area contributed by atoms with E-state index in [1.165, 1.54) is 6.92 Å². The lowest BCUT2D eigenvalue weighted by Gasteiger charge is -2.52. The number of ether oxygens (including phenoxy) is 13. The average molecular weight is 1260 g/mol. The Balaban J connectivity index is 1.12. The van der Waals surface area contributed by atoms with Gasteiger partial charge in [0, 0.05) is 20.8 Å². The molecule has 0 aliphatic carbocycles. The van der Waals surface area contributed by atoms with Gasteiger partial charge in [0.15, 0.2) is 44.0 Å². The molecule has 0 aromatic carbocycles. The van der Waals surface area contributed by atoms with Crippen LogP contribution < -0.4 is 16.0 Å². The Morgan fingerprint density at radius 1 is 0.326 bits per heavy atom. The van der Waals surface area contributed by atoms with Crippen LogP contribution in [0.5, 0.6) is 0 Å². The van der Waals surface area contributed by atoms with E-state index in [1.807, 2.05) is 0 Å². The van der Waals surface area contributed by atoms with Gasteiger partial charge in [-0.25, -0.2) is 0 Å². The monoisotopic (exact) mass is 1260 g/mol. The molecule has 7 heterocycles. The third-order valence-corrected chi connectivity index (χ3v) is 15.7. The van der Waals surface area contributed by atoms with Crippen molar-refractivity contribution in [3.05, 3.63) is 0 Å². The predicted molar refractivity (Wildman–Crippen MR) is 265 cm³/mol. The van der Waals surface area contributed by atoms with Crippen LogP contribution in [0, 0.1) is 0 Å². The Morgan fingerprint density at radius 3 is 1.21 bits per heavy atom. The Hall–Kier alpha value is -2.87. The lowest BCUT2D eigenvalue weighted by molar-refractivity contribution is -0.390. The van der Waals surface area contributed by atoms with Crippen molar-refractivity contribution in [1.82, 2.24) is 16.0 Å². The van der Waals surface area contributed by atoms with E-state index >= 15 is 0 Å². The first-order valence-corrected chi connectivity index (χ1v) is 27.5. The largest absolute Gasteiger partial charge is 0.394 e. The Kier molecular flexibility index (Phi) is 25.0. The highest BCUT2D eigenvalue weighted by Gasteiger charge is 2.59. The Bertz CT molecular complexity index is 2170. The van der Waals surface area contributed by atoms with Gasteiger partial charge in [-0.1, -0.05) is 0 Å². The molecule has 7 fully saturated rings. The van der Waals surface area contributed by atoms with Gasteiger partial charge in [0.1, 0.15) is 165 Å². The van der Waals surface area contributed by atoms with Crippen LogP contribution in [0.15, 0.2) is 0 Å². The van der Waals surface area contributed by atoms with Gasteiger partial charge in [0.05, 0.1) is 45.7 Å². The number of rotatable bonds is 21. The first kappa shape index (κ1) is 70.6. The zero-order chi connectivity index (χ0) is 63.5. The molecule has 35 atom stereocenters. The van der Waals surface area contributed by atoms with Gasteiger partial charge < -0.3 is 175 Å². The van der Waals surface area contributed by atoms with Crippen LogP contribution in [0.25, 0.3) is 0 Å². The summed E-state index contributed by atoms with van der Waals surface area (Å²) in [6.45, 7) is -1.54. The zero-order valence-electron chi connectivity index (χ0n) is 46.5. The van der Waals surface area contributed by atoms with Crippen LogP contribution in [0.1, 0.15) is 27.7 Å². The second-order valence-corrected chi connectivity index (χ2v) is 21.8. The van der Waals surface area contributed by atoms with E-state index in [0.29, 0.717) is 0 Å². The lowest BCUT2D eigenvalue weighted by atomic mass is 9.93. The molecule has 7 rings (SSSR count). The summed E-state index contributed by atoms with van der Waals surface area (Å²) < 4.78 is 75.9. The molecule has 38 nitrogen and oxygen atoms in total. The maximum Gasteiger partial charge on any atom is 0.217 e. The van der Waals surface area contributed by atoms with Gasteiger partial charge in [-0.3, -0.25) is 14.4 Å². The third kappa shape index (κ3) is 15.4. The third-order valence-electron chi connectivity index (χ3n) is 15.7. The van der Waals surface area contributed by atoms with Gasteiger partial charge in [-0.15, -0.1) is 0 Å².